The number of allylic oxidation sites excluding steroid dienone is 1. The van der Waals surface area contributed by atoms with E-state index < -0.39 is 21.2 Å². The number of fused-ring (bicyclic) bond motifs is 4. The molecule has 0 saturated heterocycles. The van der Waals surface area contributed by atoms with Crippen LogP contribution in [0.15, 0.2) is 60.7 Å². The number of nitrogens with one attached hydrogen (secondary N) is 1. The summed E-state index contributed by atoms with van der Waals surface area (Å²) in [5, 5.41) is -0.0224. The number of rotatable bonds is 1. The van der Waals surface area contributed by atoms with Crippen LogP contribution in [0.2, 0.25) is 5.02 Å². The van der Waals surface area contributed by atoms with E-state index >= 15 is 0 Å². The van der Waals surface area contributed by atoms with Gasteiger partial charge in [0.25, 0.3) is 5.91 Å². The molecule has 2 aromatic rings. The van der Waals surface area contributed by atoms with E-state index in [1.165, 1.54) is 11.1 Å². The van der Waals surface area contributed by atoms with Crippen LogP contribution in [0, 0.1) is 17.3 Å². The van der Waals surface area contributed by atoms with Gasteiger partial charge in [-0.05, 0) is 80.0 Å². The molecule has 6 atom stereocenters. The van der Waals surface area contributed by atoms with E-state index in [0.717, 1.165) is 30.0 Å². The minimum absolute atomic E-state index is 0.130. The maximum atomic E-state index is 13.4. The third-order valence-electron chi connectivity index (χ3n) is 10.3. The van der Waals surface area contributed by atoms with Gasteiger partial charge in [0.1, 0.15) is 5.75 Å². The number of hydrogen-bond acceptors (Lipinski definition) is 6. The number of benzene rings is 2. The molecular weight excluding hydrogens is 584 g/mol. The molecule has 7 nitrogen and oxygen atoms in total. The molecule has 230 valence electrons. The average molecular weight is 625 g/mol. The van der Waals surface area contributed by atoms with Crippen molar-refractivity contribution in [2.75, 3.05) is 31.7 Å². The van der Waals surface area contributed by atoms with Crippen molar-refractivity contribution >= 4 is 33.2 Å². The zero-order valence-corrected chi connectivity index (χ0v) is 26.9. The van der Waals surface area contributed by atoms with Gasteiger partial charge in [-0.2, -0.15) is 0 Å². The van der Waals surface area contributed by atoms with Gasteiger partial charge in [0.15, 0.2) is 0 Å². The van der Waals surface area contributed by atoms with Gasteiger partial charge in [0, 0.05) is 47.5 Å². The van der Waals surface area contributed by atoms with E-state index in [1.807, 2.05) is 19.1 Å². The average Bonchev–Trinajstić information content (AvgIpc) is 3.11. The molecule has 1 spiro atoms. The summed E-state index contributed by atoms with van der Waals surface area (Å²) in [5.41, 5.74) is 3.13. The second-order valence-electron chi connectivity index (χ2n) is 13.2. The van der Waals surface area contributed by atoms with Crippen LogP contribution < -0.4 is 14.4 Å². The lowest BCUT2D eigenvalue weighted by atomic mass is 9.64. The van der Waals surface area contributed by atoms with Gasteiger partial charge in [-0.25, -0.2) is 13.1 Å². The number of hydrogen-bond donors (Lipinski definition) is 1. The monoisotopic (exact) mass is 624 g/mol. The maximum Gasteiger partial charge on any atom is 0.264 e. The molecule has 2 bridgehead atoms. The normalized spacial score (nSPS) is 34.2. The molecule has 2 heterocycles. The maximum absolute atomic E-state index is 13.4. The van der Waals surface area contributed by atoms with Crippen molar-refractivity contribution < 1.29 is 22.7 Å². The number of methoxy groups -OCH3 is 1. The molecule has 1 N–H and O–H groups in total. The summed E-state index contributed by atoms with van der Waals surface area (Å²) in [6, 6.07) is 11.4. The molecule has 1 unspecified atom stereocenters. The zero-order chi connectivity index (χ0) is 30.6. The number of halogens is 1. The molecule has 9 heteroatoms. The first-order chi connectivity index (χ1) is 20.4. The number of anilines is 1. The lowest BCUT2D eigenvalue weighted by Gasteiger charge is -2.48. The molecular formula is C34H41ClN2O5S. The van der Waals surface area contributed by atoms with E-state index in [1.54, 1.807) is 32.2 Å². The van der Waals surface area contributed by atoms with Gasteiger partial charge in [0.2, 0.25) is 10.0 Å². The van der Waals surface area contributed by atoms with Gasteiger partial charge >= 0.3 is 0 Å². The molecule has 4 aliphatic rings. The first-order valence-electron chi connectivity index (χ1n) is 15.2. The van der Waals surface area contributed by atoms with Gasteiger partial charge in [0.05, 0.1) is 23.6 Å². The zero-order valence-electron chi connectivity index (χ0n) is 25.3. The van der Waals surface area contributed by atoms with Gasteiger partial charge in [-0.15, -0.1) is 0 Å². The topological polar surface area (TPSA) is 84.9 Å². The van der Waals surface area contributed by atoms with Crippen molar-refractivity contribution in [1.29, 1.82) is 0 Å². The second-order valence-corrected chi connectivity index (χ2v) is 15.7. The van der Waals surface area contributed by atoms with E-state index in [4.69, 9.17) is 21.1 Å². The smallest absolute Gasteiger partial charge is 0.264 e. The Balaban J connectivity index is 1.46. The molecule has 1 amide bonds. The summed E-state index contributed by atoms with van der Waals surface area (Å²) in [6.07, 6.45) is 11.9. The summed E-state index contributed by atoms with van der Waals surface area (Å²) < 4.78 is 41.4. The van der Waals surface area contributed by atoms with E-state index in [2.05, 4.69) is 46.9 Å². The standard InChI is InChI=1S/C34H41ClN2O5S/c1-22-7-5-9-30(41-4)28-14-16-33(28,3)19-37-20-34(15-6-8-24-17-26(35)11-12-27(24)34)21-42-31-13-10-25(18-29(31)37)32(38)36-43(39,40)23(22)2/h5,9-14,16-18,22-23,28,30H,6-8,15,19-21H2,1-4H3,(H,36,38)/b9-5+/t22-,23+,28-,30-,33?,34-/m0/s1. The number of carbonyl (C=O) groups is 1. The number of aryl methyl sites for hydroxylation is 1. The lowest BCUT2D eigenvalue weighted by Crippen LogP contribution is -2.52. The van der Waals surface area contributed by atoms with Crippen molar-refractivity contribution in [3.8, 4) is 5.75 Å². The Kier molecular flexibility index (Phi) is 7.93. The largest absolute Gasteiger partial charge is 0.490 e. The molecule has 2 aromatic carbocycles. The Labute approximate surface area is 260 Å². The van der Waals surface area contributed by atoms with Crippen molar-refractivity contribution in [3.63, 3.8) is 0 Å². The minimum Gasteiger partial charge on any atom is -0.490 e. The molecule has 2 aliphatic carbocycles. The van der Waals surface area contributed by atoms with Crippen LogP contribution in [0.5, 0.6) is 5.75 Å². The van der Waals surface area contributed by atoms with Gasteiger partial charge < -0.3 is 14.4 Å². The fourth-order valence-corrected chi connectivity index (χ4v) is 8.85. The van der Waals surface area contributed by atoms with Crippen LogP contribution in [-0.4, -0.2) is 52.5 Å². The highest BCUT2D eigenvalue weighted by Gasteiger charge is 2.47. The van der Waals surface area contributed by atoms with Crippen LogP contribution in [0.1, 0.15) is 61.5 Å². The minimum atomic E-state index is -3.91. The second kappa shape index (κ2) is 11.3. The predicted molar refractivity (Wildman–Crippen MR) is 171 cm³/mol. The Morgan fingerprint density at radius 1 is 1.12 bits per heavy atom. The summed E-state index contributed by atoms with van der Waals surface area (Å²) >= 11 is 6.41. The van der Waals surface area contributed by atoms with Crippen molar-refractivity contribution in [3.05, 3.63) is 82.4 Å². The Morgan fingerprint density at radius 2 is 1.93 bits per heavy atom. The highest BCUT2D eigenvalue weighted by atomic mass is 35.5. The first kappa shape index (κ1) is 30.2. The third-order valence-corrected chi connectivity index (χ3v) is 12.4. The van der Waals surface area contributed by atoms with Crippen LogP contribution >= 0.6 is 11.6 Å². The number of amides is 1. The van der Waals surface area contributed by atoms with Crippen LogP contribution in [0.3, 0.4) is 0 Å². The number of sulfonamides is 1. The molecule has 0 aromatic heterocycles. The molecule has 2 aliphatic heterocycles. The molecule has 0 fully saturated rings. The van der Waals surface area contributed by atoms with E-state index in [9.17, 15) is 13.2 Å². The number of nitrogens with zero attached hydrogens (tertiary/aromatic N) is 1. The van der Waals surface area contributed by atoms with Crippen LogP contribution in [0.4, 0.5) is 5.69 Å². The van der Waals surface area contributed by atoms with Crippen molar-refractivity contribution in [2.45, 2.75) is 63.2 Å². The first-order valence-corrected chi connectivity index (χ1v) is 17.1. The fourth-order valence-electron chi connectivity index (χ4n) is 7.37. The number of ether oxygens (including phenoxy) is 2. The lowest BCUT2D eigenvalue weighted by molar-refractivity contribution is 0.0527. The third kappa shape index (κ3) is 5.51. The predicted octanol–water partition coefficient (Wildman–Crippen LogP) is 6.06. The highest BCUT2D eigenvalue weighted by Crippen LogP contribution is 2.49. The van der Waals surface area contributed by atoms with Gasteiger partial charge in [-0.3, -0.25) is 4.79 Å². The highest BCUT2D eigenvalue weighted by molar-refractivity contribution is 7.90. The summed E-state index contributed by atoms with van der Waals surface area (Å²) in [6.45, 7) is 7.68. The number of carbonyl (C=O) groups excluding carboxylic acids is 1. The SMILES string of the molecule is CO[C@H]1/C=C/C[C@H](C)[C@@H](C)S(=O)(=O)NC(=O)c2ccc3c(c2)N(CC2(C)C=C[C@@H]12)C[C@@]1(CCCc2cc(Cl)ccc21)CO3. The molecule has 0 radical (unpaired) electrons. The summed E-state index contributed by atoms with van der Waals surface area (Å²) in [4.78, 5) is 15.8. The van der Waals surface area contributed by atoms with Crippen LogP contribution in [0.25, 0.3) is 0 Å². The fraction of sp³-hybridized carbons (Fsp3) is 0.500. The van der Waals surface area contributed by atoms with Crippen molar-refractivity contribution in [1.82, 2.24) is 4.72 Å². The summed E-state index contributed by atoms with van der Waals surface area (Å²) in [7, 11) is -2.18. The van der Waals surface area contributed by atoms with E-state index in [0.29, 0.717) is 31.9 Å². The Bertz CT molecular complexity index is 1590. The van der Waals surface area contributed by atoms with Gasteiger partial charge in [-0.1, -0.05) is 55.8 Å². The quantitative estimate of drug-likeness (QED) is 0.388. The summed E-state index contributed by atoms with van der Waals surface area (Å²) in [5.74, 6) is -0.0125. The Hall–Kier alpha value is -2.81. The molecule has 43 heavy (non-hydrogen) atoms. The Morgan fingerprint density at radius 3 is 2.67 bits per heavy atom. The van der Waals surface area contributed by atoms with Crippen molar-refractivity contribution in [2.24, 2.45) is 17.3 Å². The van der Waals surface area contributed by atoms with E-state index in [-0.39, 0.29) is 34.3 Å². The molecule has 0 saturated carbocycles. The molecule has 6 rings (SSSR count). The van der Waals surface area contributed by atoms with Crippen LogP contribution in [-0.2, 0) is 26.6 Å².